The molecule has 0 spiro atoms. The Hall–Kier alpha value is -0.150. The van der Waals surface area contributed by atoms with Crippen LogP contribution in [0.15, 0.2) is 0 Å². The molecule has 0 unspecified atom stereocenters. The zero-order chi connectivity index (χ0) is 11.0. The molecule has 2 N–H and O–H groups in total. The molecule has 2 nitrogen and oxygen atoms in total. The maximum Gasteiger partial charge on any atom is 0.107 e. The highest BCUT2D eigenvalue weighted by molar-refractivity contribution is 4.97. The standard InChI is InChI=1S/C5H11N.C4H8FN.C2H6/c1-6-4-2-3-5-6;5-3-4(6)1-2-4;1-2/h2-5H2,1H3;1-3,6H2;1-2H3. The van der Waals surface area contributed by atoms with Crippen molar-refractivity contribution < 1.29 is 4.39 Å². The second-order valence-corrected chi connectivity index (χ2v) is 4.01. The van der Waals surface area contributed by atoms with Crippen molar-refractivity contribution in [2.75, 3.05) is 26.8 Å². The first kappa shape index (κ1) is 13.8. The Morgan fingerprint density at radius 3 is 1.71 bits per heavy atom. The van der Waals surface area contributed by atoms with Crippen molar-refractivity contribution in [3.05, 3.63) is 0 Å². The van der Waals surface area contributed by atoms with Gasteiger partial charge < -0.3 is 10.6 Å². The lowest BCUT2D eigenvalue weighted by Gasteiger charge is -2.01. The highest BCUT2D eigenvalue weighted by Gasteiger charge is 2.37. The van der Waals surface area contributed by atoms with E-state index in [2.05, 4.69) is 11.9 Å². The molecule has 0 bridgehead atoms. The SMILES string of the molecule is CC.CN1CCCC1.NC1(CF)CC1. The van der Waals surface area contributed by atoms with Crippen LogP contribution in [0.5, 0.6) is 0 Å². The van der Waals surface area contributed by atoms with Crippen LogP contribution in [0.2, 0.25) is 0 Å². The van der Waals surface area contributed by atoms with Crippen molar-refractivity contribution in [2.24, 2.45) is 5.73 Å². The van der Waals surface area contributed by atoms with Gasteiger partial charge in [0.05, 0.1) is 0 Å². The van der Waals surface area contributed by atoms with Gasteiger partial charge in [0.25, 0.3) is 0 Å². The van der Waals surface area contributed by atoms with Gasteiger partial charge in [0.1, 0.15) is 6.67 Å². The predicted molar refractivity (Wildman–Crippen MR) is 60.2 cm³/mol. The molecule has 2 fully saturated rings. The van der Waals surface area contributed by atoms with E-state index in [0.29, 0.717) is 0 Å². The van der Waals surface area contributed by atoms with E-state index in [1.165, 1.54) is 25.9 Å². The van der Waals surface area contributed by atoms with E-state index in [4.69, 9.17) is 5.73 Å². The van der Waals surface area contributed by atoms with E-state index in [1.807, 2.05) is 13.8 Å². The molecule has 0 aromatic heterocycles. The van der Waals surface area contributed by atoms with Crippen LogP contribution in [-0.4, -0.2) is 37.3 Å². The number of hydrogen-bond donors (Lipinski definition) is 1. The fourth-order valence-corrected chi connectivity index (χ4v) is 1.17. The Kier molecular flexibility index (Phi) is 7.11. The van der Waals surface area contributed by atoms with Gasteiger partial charge in [-0.15, -0.1) is 0 Å². The van der Waals surface area contributed by atoms with Crippen LogP contribution < -0.4 is 5.73 Å². The van der Waals surface area contributed by atoms with Crippen molar-refractivity contribution >= 4 is 0 Å². The minimum atomic E-state index is -0.375. The van der Waals surface area contributed by atoms with E-state index in [-0.39, 0.29) is 12.2 Å². The highest BCUT2D eigenvalue weighted by atomic mass is 19.1. The molecule has 1 heterocycles. The van der Waals surface area contributed by atoms with Crippen LogP contribution in [0.25, 0.3) is 0 Å². The van der Waals surface area contributed by atoms with Crippen LogP contribution in [-0.2, 0) is 0 Å². The molecule has 2 aliphatic rings. The molecule has 2 rings (SSSR count). The maximum atomic E-state index is 11.4. The molecule has 14 heavy (non-hydrogen) atoms. The molecule has 0 aromatic carbocycles. The highest BCUT2D eigenvalue weighted by Crippen LogP contribution is 2.31. The van der Waals surface area contributed by atoms with E-state index in [9.17, 15) is 4.39 Å². The molecule has 0 aromatic rings. The summed E-state index contributed by atoms with van der Waals surface area (Å²) >= 11 is 0. The summed E-state index contributed by atoms with van der Waals surface area (Å²) in [6.45, 7) is 6.30. The summed E-state index contributed by atoms with van der Waals surface area (Å²) in [6.07, 6.45) is 4.58. The number of likely N-dealkylation sites (tertiary alicyclic amines) is 1. The Morgan fingerprint density at radius 2 is 1.64 bits per heavy atom. The average molecular weight is 204 g/mol. The molecule has 1 aliphatic carbocycles. The molecule has 1 saturated carbocycles. The molecule has 0 atom stereocenters. The molecule has 3 heteroatoms. The van der Waals surface area contributed by atoms with E-state index < -0.39 is 0 Å². The number of nitrogens with two attached hydrogens (primary N) is 1. The minimum absolute atomic E-state index is 0.340. The third kappa shape index (κ3) is 6.33. The lowest BCUT2D eigenvalue weighted by Crippen LogP contribution is -2.23. The molecule has 0 amide bonds. The zero-order valence-electron chi connectivity index (χ0n) is 9.85. The first-order chi connectivity index (χ1) is 6.66. The van der Waals surface area contributed by atoms with Crippen LogP contribution in [0, 0.1) is 0 Å². The smallest absolute Gasteiger partial charge is 0.107 e. The van der Waals surface area contributed by atoms with Crippen molar-refractivity contribution in [1.82, 2.24) is 4.90 Å². The van der Waals surface area contributed by atoms with Gasteiger partial charge in [-0.3, -0.25) is 0 Å². The van der Waals surface area contributed by atoms with Crippen LogP contribution in [0.4, 0.5) is 4.39 Å². The molecular weight excluding hydrogens is 179 g/mol. The number of nitrogens with zero attached hydrogens (tertiary/aromatic N) is 1. The number of halogens is 1. The zero-order valence-corrected chi connectivity index (χ0v) is 9.85. The van der Waals surface area contributed by atoms with Gasteiger partial charge in [0, 0.05) is 5.54 Å². The Morgan fingerprint density at radius 1 is 1.21 bits per heavy atom. The maximum absolute atomic E-state index is 11.4. The van der Waals surface area contributed by atoms with Crippen LogP contribution in [0.3, 0.4) is 0 Å². The van der Waals surface area contributed by atoms with Crippen molar-refractivity contribution in [1.29, 1.82) is 0 Å². The van der Waals surface area contributed by atoms with Gasteiger partial charge in [-0.2, -0.15) is 0 Å². The fourth-order valence-electron chi connectivity index (χ4n) is 1.17. The van der Waals surface area contributed by atoms with Gasteiger partial charge in [0.15, 0.2) is 0 Å². The average Bonchev–Trinajstić information content (AvgIpc) is 2.78. The van der Waals surface area contributed by atoms with Gasteiger partial charge in [0.2, 0.25) is 0 Å². The van der Waals surface area contributed by atoms with Gasteiger partial charge in [-0.05, 0) is 45.8 Å². The summed E-state index contributed by atoms with van der Waals surface area (Å²) in [5.41, 5.74) is 4.90. The number of rotatable bonds is 1. The molecule has 1 aliphatic heterocycles. The summed E-state index contributed by atoms with van der Waals surface area (Å²) in [6, 6.07) is 0. The molecule has 86 valence electrons. The van der Waals surface area contributed by atoms with E-state index in [1.54, 1.807) is 0 Å². The van der Waals surface area contributed by atoms with E-state index in [0.717, 1.165) is 12.8 Å². The van der Waals surface area contributed by atoms with Gasteiger partial charge in [-0.1, -0.05) is 13.8 Å². The summed E-state index contributed by atoms with van der Waals surface area (Å²) in [5.74, 6) is 0. The topological polar surface area (TPSA) is 29.3 Å². The number of hydrogen-bond acceptors (Lipinski definition) is 2. The van der Waals surface area contributed by atoms with Crippen molar-refractivity contribution in [2.45, 2.75) is 45.1 Å². The summed E-state index contributed by atoms with van der Waals surface area (Å²) in [7, 11) is 2.17. The number of alkyl halides is 1. The molecule has 1 saturated heterocycles. The minimum Gasteiger partial charge on any atom is -0.323 e. The largest absolute Gasteiger partial charge is 0.323 e. The first-order valence-electron chi connectivity index (χ1n) is 5.70. The van der Waals surface area contributed by atoms with Crippen molar-refractivity contribution in [3.8, 4) is 0 Å². The fraction of sp³-hybridized carbons (Fsp3) is 1.00. The lowest BCUT2D eigenvalue weighted by atomic mass is 10.3. The van der Waals surface area contributed by atoms with Gasteiger partial charge >= 0.3 is 0 Å². The third-order valence-corrected chi connectivity index (χ3v) is 2.49. The van der Waals surface area contributed by atoms with Crippen LogP contribution >= 0.6 is 0 Å². The van der Waals surface area contributed by atoms with Gasteiger partial charge in [-0.25, -0.2) is 4.39 Å². The third-order valence-electron chi connectivity index (χ3n) is 2.49. The summed E-state index contributed by atoms with van der Waals surface area (Å²) in [4.78, 5) is 2.36. The summed E-state index contributed by atoms with van der Waals surface area (Å²) in [5, 5.41) is 0. The van der Waals surface area contributed by atoms with E-state index >= 15 is 0 Å². The second kappa shape index (κ2) is 7.18. The Bertz CT molecular complexity index is 129. The predicted octanol–water partition coefficient (Wildman–Crippen LogP) is 2.19. The normalized spacial score (nSPS) is 22.9. The monoisotopic (exact) mass is 204 g/mol. The second-order valence-electron chi connectivity index (χ2n) is 4.01. The molecule has 0 radical (unpaired) electrons. The molecular formula is C11H25FN2. The quantitative estimate of drug-likeness (QED) is 0.709. The Balaban J connectivity index is 0.000000206. The van der Waals surface area contributed by atoms with Crippen LogP contribution in [0.1, 0.15) is 39.5 Å². The summed E-state index contributed by atoms with van der Waals surface area (Å²) < 4.78 is 11.4. The first-order valence-corrected chi connectivity index (χ1v) is 5.70. The lowest BCUT2D eigenvalue weighted by molar-refractivity contribution is 0.417. The Labute approximate surface area is 87.7 Å². The van der Waals surface area contributed by atoms with Crippen molar-refractivity contribution in [3.63, 3.8) is 0 Å².